The Hall–Kier alpha value is -3.31. The number of nitrogens with zero attached hydrogens (tertiary/aromatic N) is 5. The number of carboxylic acid groups (broad SMARTS) is 1. The molecule has 40 heavy (non-hydrogen) atoms. The van der Waals surface area contributed by atoms with Gasteiger partial charge in [0, 0.05) is 50.5 Å². The summed E-state index contributed by atoms with van der Waals surface area (Å²) in [5, 5.41) is 14.8. The van der Waals surface area contributed by atoms with E-state index in [9.17, 15) is 14.7 Å². The second-order valence-corrected chi connectivity index (χ2v) is 10.9. The zero-order chi connectivity index (χ0) is 28.6. The molecule has 3 heterocycles. The number of rotatable bonds is 15. The Balaban J connectivity index is 1.60. The number of unbranched alkanes of at least 4 members (excludes halogenated alkanes) is 1. The highest BCUT2D eigenvalue weighted by Crippen LogP contribution is 2.47. The molecule has 2 aliphatic rings. The van der Waals surface area contributed by atoms with Gasteiger partial charge in [-0.05, 0) is 63.7 Å². The summed E-state index contributed by atoms with van der Waals surface area (Å²) in [6, 6.07) is 5.21. The summed E-state index contributed by atoms with van der Waals surface area (Å²) in [6.07, 6.45) is 6.97. The van der Waals surface area contributed by atoms with Crippen LogP contribution in [0.15, 0.2) is 30.6 Å². The molecule has 0 spiro atoms. The minimum atomic E-state index is -0.879. The molecule has 0 aliphatic carbocycles. The third kappa shape index (κ3) is 7.06. The van der Waals surface area contributed by atoms with Gasteiger partial charge in [-0.25, -0.2) is 0 Å². The van der Waals surface area contributed by atoms with E-state index in [1.807, 2.05) is 48.1 Å². The van der Waals surface area contributed by atoms with Gasteiger partial charge in [0.05, 0.1) is 19.6 Å². The maximum absolute atomic E-state index is 13.7. The molecule has 2 aromatic rings. The smallest absolute Gasteiger partial charge is 0.308 e. The molecule has 1 aromatic carbocycles. The molecule has 0 radical (unpaired) electrons. The monoisotopic (exact) mass is 557 g/mol. The number of aliphatic carboxylic acids is 1. The topological polar surface area (TPSA) is 110 Å². The number of amides is 1. The molecule has 11 nitrogen and oxygen atoms in total. The van der Waals surface area contributed by atoms with E-state index in [1.165, 1.54) is 0 Å². The summed E-state index contributed by atoms with van der Waals surface area (Å²) in [5.74, 6) is -0.306. The largest absolute Gasteiger partial charge is 0.493 e. The van der Waals surface area contributed by atoms with Gasteiger partial charge in [0.1, 0.15) is 0 Å². The van der Waals surface area contributed by atoms with Gasteiger partial charge in [0.2, 0.25) is 18.4 Å². The van der Waals surface area contributed by atoms with Crippen LogP contribution in [0.2, 0.25) is 0 Å². The van der Waals surface area contributed by atoms with Crippen molar-refractivity contribution in [1.29, 1.82) is 0 Å². The number of methoxy groups -OCH3 is 1. The summed E-state index contributed by atoms with van der Waals surface area (Å²) in [5.41, 5.74) is 0.807. The second kappa shape index (κ2) is 13.8. The van der Waals surface area contributed by atoms with Gasteiger partial charge in [-0.1, -0.05) is 13.3 Å². The van der Waals surface area contributed by atoms with Crippen molar-refractivity contribution < 1.29 is 28.9 Å². The average molecular weight is 558 g/mol. The van der Waals surface area contributed by atoms with E-state index in [0.29, 0.717) is 49.8 Å². The van der Waals surface area contributed by atoms with E-state index in [0.717, 1.165) is 31.4 Å². The molecule has 0 unspecified atom stereocenters. The maximum atomic E-state index is 13.7. The number of hydrogen-bond donors (Lipinski definition) is 1. The number of ether oxygens (including phenoxy) is 3. The molecule has 1 saturated heterocycles. The minimum Gasteiger partial charge on any atom is -0.493 e. The molecule has 1 N–H and O–H groups in total. The number of aromatic nitrogens is 2. The summed E-state index contributed by atoms with van der Waals surface area (Å²) in [4.78, 5) is 32.6. The molecule has 0 saturated carbocycles. The third-order valence-corrected chi connectivity index (χ3v) is 7.86. The lowest BCUT2D eigenvalue weighted by Gasteiger charge is -2.30. The number of carboxylic acids is 1. The fraction of sp³-hybridized carbons (Fsp3) is 0.621. The predicted molar refractivity (Wildman–Crippen MR) is 150 cm³/mol. The molecule has 1 amide bonds. The standard InChI is InChI=1S/C29H43N5O6/c1-5-6-12-32(13-8-11-31(2)3)26(35)19-33-18-22(21-16-24(38-4)28-25(17-21)39-20-40-28)27(29(36)37)23(33)9-15-34-14-7-10-30-34/h7,10,14,16-17,22-23,27H,5-6,8-9,11-13,15,18-20H2,1-4H3,(H,36,37)/t22-,23+,27-/m1/s1. The Morgan fingerprint density at radius 2 is 1.98 bits per heavy atom. The van der Waals surface area contributed by atoms with Crippen LogP contribution in [0.1, 0.15) is 44.1 Å². The van der Waals surface area contributed by atoms with Crippen molar-refractivity contribution in [3.63, 3.8) is 0 Å². The highest BCUT2D eigenvalue weighted by molar-refractivity contribution is 5.79. The number of fused-ring (bicyclic) bond motifs is 1. The zero-order valence-electron chi connectivity index (χ0n) is 24.1. The van der Waals surface area contributed by atoms with E-state index >= 15 is 0 Å². The Morgan fingerprint density at radius 1 is 1.18 bits per heavy atom. The normalized spacial score (nSPS) is 20.3. The lowest BCUT2D eigenvalue weighted by Crippen LogP contribution is -2.45. The molecule has 1 aromatic heterocycles. The van der Waals surface area contributed by atoms with Crippen LogP contribution >= 0.6 is 0 Å². The van der Waals surface area contributed by atoms with E-state index < -0.39 is 11.9 Å². The lowest BCUT2D eigenvalue weighted by atomic mass is 9.84. The van der Waals surface area contributed by atoms with Crippen LogP contribution in [0, 0.1) is 5.92 Å². The number of aryl methyl sites for hydroxylation is 1. The Morgan fingerprint density at radius 3 is 2.65 bits per heavy atom. The highest BCUT2D eigenvalue weighted by atomic mass is 16.7. The van der Waals surface area contributed by atoms with Crippen LogP contribution in [0.25, 0.3) is 0 Å². The average Bonchev–Trinajstić information content (AvgIpc) is 3.68. The van der Waals surface area contributed by atoms with Crippen molar-refractivity contribution in [2.45, 2.75) is 51.1 Å². The van der Waals surface area contributed by atoms with Crippen LogP contribution in [0.4, 0.5) is 0 Å². The van der Waals surface area contributed by atoms with E-state index in [1.54, 1.807) is 13.3 Å². The number of likely N-dealkylation sites (tertiary alicyclic amines) is 1. The van der Waals surface area contributed by atoms with Crippen molar-refractivity contribution in [2.24, 2.45) is 5.92 Å². The summed E-state index contributed by atoms with van der Waals surface area (Å²) in [7, 11) is 5.62. The van der Waals surface area contributed by atoms with Crippen LogP contribution in [0.5, 0.6) is 17.2 Å². The highest BCUT2D eigenvalue weighted by Gasteiger charge is 2.47. The van der Waals surface area contributed by atoms with Crippen LogP contribution in [-0.4, -0.2) is 108 Å². The van der Waals surface area contributed by atoms with Crippen molar-refractivity contribution in [3.8, 4) is 17.2 Å². The number of benzene rings is 1. The molecule has 1 fully saturated rings. The zero-order valence-corrected chi connectivity index (χ0v) is 24.1. The molecule has 11 heteroatoms. The van der Waals surface area contributed by atoms with Crippen molar-refractivity contribution in [3.05, 3.63) is 36.2 Å². The molecule has 3 atom stereocenters. The van der Waals surface area contributed by atoms with Crippen molar-refractivity contribution in [2.75, 3.05) is 60.7 Å². The van der Waals surface area contributed by atoms with Crippen molar-refractivity contribution >= 4 is 11.9 Å². The summed E-state index contributed by atoms with van der Waals surface area (Å²) >= 11 is 0. The van der Waals surface area contributed by atoms with Gasteiger partial charge < -0.3 is 29.1 Å². The van der Waals surface area contributed by atoms with Gasteiger partial charge in [-0.2, -0.15) is 5.10 Å². The van der Waals surface area contributed by atoms with Gasteiger partial charge >= 0.3 is 5.97 Å². The van der Waals surface area contributed by atoms with Crippen LogP contribution in [-0.2, 0) is 16.1 Å². The molecule has 2 aliphatic heterocycles. The molecular weight excluding hydrogens is 514 g/mol. The van der Waals surface area contributed by atoms with Crippen LogP contribution in [0.3, 0.4) is 0 Å². The SMILES string of the molecule is CCCCN(CCCN(C)C)C(=O)CN1C[C@H](c2cc(OC)c3c(c2)OCO3)[C@@H](C(=O)O)[C@@H]1CCn1cccn1. The predicted octanol–water partition coefficient (Wildman–Crippen LogP) is 2.76. The minimum absolute atomic E-state index is 0.0457. The van der Waals surface area contributed by atoms with E-state index in [4.69, 9.17) is 14.2 Å². The number of carbonyl (C=O) groups is 2. The second-order valence-electron chi connectivity index (χ2n) is 10.9. The first-order valence-corrected chi connectivity index (χ1v) is 14.2. The fourth-order valence-electron chi connectivity index (χ4n) is 5.81. The van der Waals surface area contributed by atoms with Gasteiger partial charge in [0.25, 0.3) is 0 Å². The fourth-order valence-corrected chi connectivity index (χ4v) is 5.81. The molecule has 0 bridgehead atoms. The number of hydrogen-bond acceptors (Lipinski definition) is 8. The third-order valence-electron chi connectivity index (χ3n) is 7.86. The first-order chi connectivity index (χ1) is 19.3. The molecule has 220 valence electrons. The van der Waals surface area contributed by atoms with Gasteiger partial charge in [-0.3, -0.25) is 19.2 Å². The Kier molecular flexibility index (Phi) is 10.3. The first kappa shape index (κ1) is 29.7. The van der Waals surface area contributed by atoms with Gasteiger partial charge in [0.15, 0.2) is 11.5 Å². The summed E-state index contributed by atoms with van der Waals surface area (Å²) < 4.78 is 18.6. The first-order valence-electron chi connectivity index (χ1n) is 14.2. The maximum Gasteiger partial charge on any atom is 0.308 e. The lowest BCUT2D eigenvalue weighted by molar-refractivity contribution is -0.144. The molecule has 4 rings (SSSR count). The number of carbonyl (C=O) groups excluding carboxylic acids is 1. The quantitative estimate of drug-likeness (QED) is 0.354. The van der Waals surface area contributed by atoms with Crippen molar-refractivity contribution in [1.82, 2.24) is 24.5 Å². The summed E-state index contributed by atoms with van der Waals surface area (Å²) in [6.45, 7) is 5.69. The van der Waals surface area contributed by atoms with Gasteiger partial charge in [-0.15, -0.1) is 0 Å². The van der Waals surface area contributed by atoms with E-state index in [-0.39, 0.29) is 31.2 Å². The van der Waals surface area contributed by atoms with E-state index in [2.05, 4.69) is 21.8 Å². The van der Waals surface area contributed by atoms with Crippen LogP contribution < -0.4 is 14.2 Å². The molecular formula is C29H43N5O6. The Bertz CT molecular complexity index is 1120. The Labute approximate surface area is 236 Å².